The molecule has 0 aromatic rings. The molecule has 0 amide bonds. The normalized spacial score (nSPS) is 63.2. The van der Waals surface area contributed by atoms with Gasteiger partial charge in [-0.05, 0) is 71.5 Å². The van der Waals surface area contributed by atoms with Crippen LogP contribution in [0.25, 0.3) is 0 Å². The molecular weight excluding hydrogens is 239 g/mol. The summed E-state index contributed by atoms with van der Waals surface area (Å²) in [6.07, 6.45) is 5.81. The molecule has 0 nitrogen and oxygen atoms in total. The Bertz CT molecular complexity index is 427. The van der Waals surface area contributed by atoms with Crippen molar-refractivity contribution in [1.82, 2.24) is 0 Å². The molecule has 0 saturated heterocycles. The lowest BCUT2D eigenvalue weighted by molar-refractivity contribution is -0.227. The van der Waals surface area contributed by atoms with Gasteiger partial charge in [0.25, 0.3) is 0 Å². The van der Waals surface area contributed by atoms with Gasteiger partial charge < -0.3 is 0 Å². The van der Waals surface area contributed by atoms with E-state index in [0.717, 1.165) is 41.4 Å². The van der Waals surface area contributed by atoms with Crippen LogP contribution in [0.3, 0.4) is 0 Å². The highest BCUT2D eigenvalue weighted by Crippen LogP contribution is 2.74. The van der Waals surface area contributed by atoms with E-state index in [9.17, 15) is 0 Å². The topological polar surface area (TPSA) is 0 Å². The van der Waals surface area contributed by atoms with Crippen molar-refractivity contribution in [2.45, 2.75) is 66.1 Å². The summed E-state index contributed by atoms with van der Waals surface area (Å²) in [5, 5.41) is 0. The first-order chi connectivity index (χ1) is 9.27. The quantitative estimate of drug-likeness (QED) is 0.592. The van der Waals surface area contributed by atoms with Crippen LogP contribution in [0, 0.1) is 52.3 Å². The monoisotopic (exact) mass is 270 g/mol. The van der Waals surface area contributed by atoms with E-state index >= 15 is 0 Å². The van der Waals surface area contributed by atoms with Crippen LogP contribution in [0.5, 0.6) is 0 Å². The summed E-state index contributed by atoms with van der Waals surface area (Å²) in [6.45, 7) is 12.7. The Hall–Kier alpha value is 0.0649. The van der Waals surface area contributed by atoms with E-state index in [1.165, 1.54) is 25.7 Å². The Morgan fingerprint density at radius 2 is 1.30 bits per heavy atom. The fourth-order valence-electron chi connectivity index (χ4n) is 7.48. The van der Waals surface area contributed by atoms with E-state index in [1.807, 2.05) is 0 Å². The molecule has 0 heterocycles. The predicted molar refractivity (Wildman–Crippen MR) is 85.6 cm³/mol. The Morgan fingerprint density at radius 3 is 1.85 bits per heavy atom. The van der Waals surface area contributed by atoms with Crippen LogP contribution >= 0.6 is 0 Å². The lowest BCUT2D eigenvalue weighted by atomic mass is 9.32. The highest BCUT2D eigenvalue weighted by molar-refractivity contribution is 6.12. The SMILES string of the molecule is [B][C@H]1C[C@H]2C[C@@H]([C@@H]1C)C2(C)[C@H]1C[C@H]2C[C@@H]([C@@H]1C)C2(C)C. The van der Waals surface area contributed by atoms with Gasteiger partial charge in [-0.15, -0.1) is 0 Å². The summed E-state index contributed by atoms with van der Waals surface area (Å²) in [7, 11) is 6.36. The highest BCUT2D eigenvalue weighted by atomic mass is 14.7. The minimum absolute atomic E-state index is 0.483. The zero-order valence-electron chi connectivity index (χ0n) is 14.0. The van der Waals surface area contributed by atoms with Gasteiger partial charge in [0.1, 0.15) is 0 Å². The van der Waals surface area contributed by atoms with Gasteiger partial charge in [-0.2, -0.15) is 0 Å². The van der Waals surface area contributed by atoms with E-state index < -0.39 is 0 Å². The Balaban J connectivity index is 1.60. The maximum absolute atomic E-state index is 6.36. The van der Waals surface area contributed by atoms with Gasteiger partial charge in [-0.25, -0.2) is 0 Å². The molecule has 0 spiro atoms. The second kappa shape index (κ2) is 3.88. The highest BCUT2D eigenvalue weighted by Gasteiger charge is 2.66. The Labute approximate surface area is 126 Å². The molecule has 2 radical (unpaired) electrons. The number of fused-ring (bicyclic) bond motifs is 5. The summed E-state index contributed by atoms with van der Waals surface area (Å²) in [4.78, 5) is 0. The van der Waals surface area contributed by atoms with Gasteiger partial charge >= 0.3 is 0 Å². The maximum Gasteiger partial charge on any atom is 0.0703 e. The number of hydrogen-bond donors (Lipinski definition) is 0. The molecular formula is C19H31B. The van der Waals surface area contributed by atoms with Gasteiger partial charge in [-0.1, -0.05) is 46.9 Å². The molecule has 0 aliphatic heterocycles. The van der Waals surface area contributed by atoms with Crippen molar-refractivity contribution in [3.63, 3.8) is 0 Å². The zero-order valence-corrected chi connectivity index (χ0v) is 14.0. The van der Waals surface area contributed by atoms with Crippen molar-refractivity contribution in [2.75, 3.05) is 0 Å². The van der Waals surface area contributed by atoms with E-state index in [1.54, 1.807) is 0 Å². The molecule has 0 aromatic heterocycles. The van der Waals surface area contributed by atoms with Gasteiger partial charge in [0.2, 0.25) is 0 Å². The summed E-state index contributed by atoms with van der Waals surface area (Å²) in [6, 6.07) is 0. The van der Waals surface area contributed by atoms with Crippen LogP contribution in [0.1, 0.15) is 60.3 Å². The Morgan fingerprint density at radius 1 is 0.750 bits per heavy atom. The van der Waals surface area contributed by atoms with Gasteiger partial charge in [-0.3, -0.25) is 0 Å². The molecule has 0 N–H and O–H groups in total. The molecule has 1 unspecified atom stereocenters. The van der Waals surface area contributed by atoms with Crippen molar-refractivity contribution in [1.29, 1.82) is 0 Å². The number of hydrogen-bond acceptors (Lipinski definition) is 0. The van der Waals surface area contributed by atoms with E-state index in [-0.39, 0.29) is 0 Å². The third-order valence-electron chi connectivity index (χ3n) is 9.24. The summed E-state index contributed by atoms with van der Waals surface area (Å²) in [5.74, 6) is 7.02. The van der Waals surface area contributed by atoms with Crippen molar-refractivity contribution in [3.8, 4) is 0 Å². The first kappa shape index (κ1) is 13.7. The van der Waals surface area contributed by atoms with Crippen LogP contribution in [0.15, 0.2) is 0 Å². The smallest absolute Gasteiger partial charge is 0.0703 e. The van der Waals surface area contributed by atoms with Crippen LogP contribution < -0.4 is 0 Å². The molecule has 4 bridgehead atoms. The molecule has 0 aromatic carbocycles. The van der Waals surface area contributed by atoms with Crippen LogP contribution in [0.4, 0.5) is 0 Å². The van der Waals surface area contributed by atoms with Gasteiger partial charge in [0.05, 0.1) is 7.85 Å². The lowest BCUT2D eigenvalue weighted by Crippen LogP contribution is -2.65. The van der Waals surface area contributed by atoms with Crippen molar-refractivity contribution < 1.29 is 0 Å². The minimum atomic E-state index is 0.483. The van der Waals surface area contributed by atoms with Crippen molar-refractivity contribution in [2.24, 2.45) is 52.3 Å². The second-order valence-electron chi connectivity index (χ2n) is 9.73. The molecule has 6 aliphatic carbocycles. The lowest BCUT2D eigenvalue weighted by Gasteiger charge is -2.72. The summed E-state index contributed by atoms with van der Waals surface area (Å²) >= 11 is 0. The zero-order chi connectivity index (χ0) is 14.4. The third-order valence-corrected chi connectivity index (χ3v) is 9.24. The summed E-state index contributed by atoms with van der Waals surface area (Å²) in [5.41, 5.74) is 1.26. The van der Waals surface area contributed by atoms with Crippen LogP contribution in [0.2, 0.25) is 5.82 Å². The average molecular weight is 270 g/mol. The molecule has 20 heavy (non-hydrogen) atoms. The Kier molecular flexibility index (Phi) is 2.66. The molecule has 110 valence electrons. The standard InChI is InChI=1S/C19H31B/c1-10-14-6-12(18(14,3)4)7-15(10)19(5)13-8-16(19)11(2)17(20)9-13/h10-17H,6-9H2,1-5H3/t10-,11-,12+,13+,14-,15-,16-,17-,19?/m0/s1. The molecule has 6 fully saturated rings. The van der Waals surface area contributed by atoms with Gasteiger partial charge in [0.15, 0.2) is 0 Å². The molecule has 9 atom stereocenters. The van der Waals surface area contributed by atoms with Crippen molar-refractivity contribution in [3.05, 3.63) is 0 Å². The maximum atomic E-state index is 6.36. The van der Waals surface area contributed by atoms with Gasteiger partial charge in [0, 0.05) is 0 Å². The predicted octanol–water partition coefficient (Wildman–Crippen LogP) is 4.94. The second-order valence-corrected chi connectivity index (χ2v) is 9.73. The summed E-state index contributed by atoms with van der Waals surface area (Å²) < 4.78 is 0. The fraction of sp³-hybridized carbons (Fsp3) is 1.00. The van der Waals surface area contributed by atoms with E-state index in [2.05, 4.69) is 34.6 Å². The fourth-order valence-corrected chi connectivity index (χ4v) is 7.48. The first-order valence-corrected chi connectivity index (χ1v) is 9.03. The first-order valence-electron chi connectivity index (χ1n) is 9.03. The van der Waals surface area contributed by atoms with Crippen LogP contribution in [-0.2, 0) is 0 Å². The van der Waals surface area contributed by atoms with Crippen LogP contribution in [-0.4, -0.2) is 7.85 Å². The largest absolute Gasteiger partial charge is 0.0743 e. The molecule has 6 aliphatic rings. The minimum Gasteiger partial charge on any atom is -0.0743 e. The average Bonchev–Trinajstić information content (AvgIpc) is 2.39. The van der Waals surface area contributed by atoms with E-state index in [4.69, 9.17) is 7.85 Å². The van der Waals surface area contributed by atoms with Crippen molar-refractivity contribution >= 4 is 7.85 Å². The van der Waals surface area contributed by atoms with E-state index in [0.29, 0.717) is 16.6 Å². The molecule has 6 saturated carbocycles. The number of rotatable bonds is 1. The molecule has 1 heteroatoms. The molecule has 6 rings (SSSR count). The third kappa shape index (κ3) is 1.37.